The molecule has 1 aliphatic carbocycles. The largest absolute Gasteiger partial charge is 0.496 e. The predicted octanol–water partition coefficient (Wildman–Crippen LogP) is 2.92. The van der Waals surface area contributed by atoms with Crippen LogP contribution in [0.3, 0.4) is 0 Å². The molecule has 0 bridgehead atoms. The molecule has 2 rings (SSSR count). The van der Waals surface area contributed by atoms with E-state index in [2.05, 4.69) is 5.32 Å². The number of rotatable bonds is 6. The minimum atomic E-state index is -0.184. The molecule has 0 radical (unpaired) electrons. The van der Waals surface area contributed by atoms with E-state index in [0.29, 0.717) is 0 Å². The van der Waals surface area contributed by atoms with Crippen molar-refractivity contribution in [3.8, 4) is 11.5 Å². The monoisotopic (exact) mass is 279 g/mol. The maximum atomic E-state index is 5.93. The minimum absolute atomic E-state index is 0.0566. The van der Waals surface area contributed by atoms with Crippen LogP contribution in [0.15, 0.2) is 18.2 Å². The molecule has 0 aromatic heterocycles. The summed E-state index contributed by atoms with van der Waals surface area (Å²) in [5.74, 6) is 1.68. The van der Waals surface area contributed by atoms with Crippen LogP contribution < -0.4 is 14.8 Å². The first kappa shape index (κ1) is 15.1. The first-order valence-electron chi connectivity index (χ1n) is 7.15. The summed E-state index contributed by atoms with van der Waals surface area (Å²) in [5, 5.41) is 3.42. The SMILES string of the molecule is CNC(c1c(OC)cccc1OC)C1(OC)CCCC1. The summed E-state index contributed by atoms with van der Waals surface area (Å²) in [6.45, 7) is 0. The average Bonchev–Trinajstić information content (AvgIpc) is 2.98. The summed E-state index contributed by atoms with van der Waals surface area (Å²) < 4.78 is 17.0. The minimum Gasteiger partial charge on any atom is -0.496 e. The smallest absolute Gasteiger partial charge is 0.127 e. The van der Waals surface area contributed by atoms with Gasteiger partial charge in [0.15, 0.2) is 0 Å². The number of benzene rings is 1. The fourth-order valence-electron chi connectivity index (χ4n) is 3.42. The van der Waals surface area contributed by atoms with Crippen LogP contribution in [0.2, 0.25) is 0 Å². The third-order valence-corrected chi connectivity index (χ3v) is 4.43. The van der Waals surface area contributed by atoms with Crippen LogP contribution in [0.4, 0.5) is 0 Å². The summed E-state index contributed by atoms with van der Waals surface area (Å²) in [5.41, 5.74) is 0.861. The van der Waals surface area contributed by atoms with Crippen molar-refractivity contribution in [2.75, 3.05) is 28.4 Å². The number of hydrogen-bond acceptors (Lipinski definition) is 4. The predicted molar refractivity (Wildman–Crippen MR) is 79.6 cm³/mol. The van der Waals surface area contributed by atoms with Gasteiger partial charge in [0.05, 0.1) is 31.4 Å². The lowest BCUT2D eigenvalue weighted by Crippen LogP contribution is -2.42. The second-order valence-electron chi connectivity index (χ2n) is 5.27. The lowest BCUT2D eigenvalue weighted by Gasteiger charge is -2.37. The second kappa shape index (κ2) is 6.46. The molecule has 1 atom stereocenters. The Hall–Kier alpha value is -1.26. The van der Waals surface area contributed by atoms with E-state index in [0.717, 1.165) is 29.9 Å². The molecule has 0 amide bonds. The van der Waals surface area contributed by atoms with E-state index in [-0.39, 0.29) is 11.6 Å². The van der Waals surface area contributed by atoms with E-state index in [1.54, 1.807) is 21.3 Å². The summed E-state index contributed by atoms with van der Waals surface area (Å²) >= 11 is 0. The Bertz CT molecular complexity index is 419. The second-order valence-corrected chi connectivity index (χ2v) is 5.27. The van der Waals surface area contributed by atoms with Gasteiger partial charge in [-0.05, 0) is 32.0 Å². The molecule has 1 saturated carbocycles. The Kier molecular flexibility index (Phi) is 4.89. The zero-order valence-corrected chi connectivity index (χ0v) is 12.9. The van der Waals surface area contributed by atoms with Gasteiger partial charge in [0.1, 0.15) is 11.5 Å². The number of ether oxygens (including phenoxy) is 3. The summed E-state index contributed by atoms with van der Waals surface area (Å²) in [6.07, 6.45) is 4.50. The van der Waals surface area contributed by atoms with E-state index in [4.69, 9.17) is 14.2 Å². The van der Waals surface area contributed by atoms with Crippen LogP contribution in [0.1, 0.15) is 37.3 Å². The highest BCUT2D eigenvalue weighted by Gasteiger charge is 2.44. The van der Waals surface area contributed by atoms with Crippen molar-refractivity contribution in [2.45, 2.75) is 37.3 Å². The van der Waals surface area contributed by atoms with Gasteiger partial charge < -0.3 is 19.5 Å². The molecule has 1 unspecified atom stereocenters. The molecular weight excluding hydrogens is 254 g/mol. The van der Waals surface area contributed by atoms with E-state index in [9.17, 15) is 0 Å². The molecule has 1 aromatic rings. The van der Waals surface area contributed by atoms with Crippen molar-refractivity contribution < 1.29 is 14.2 Å². The molecule has 4 nitrogen and oxygen atoms in total. The first-order valence-corrected chi connectivity index (χ1v) is 7.15. The Morgan fingerprint density at radius 2 is 1.60 bits per heavy atom. The lowest BCUT2D eigenvalue weighted by atomic mass is 9.85. The molecule has 1 N–H and O–H groups in total. The molecule has 0 aliphatic heterocycles. The summed E-state index contributed by atoms with van der Waals surface area (Å²) in [6, 6.07) is 5.95. The molecule has 0 saturated heterocycles. The number of likely N-dealkylation sites (N-methyl/N-ethyl adjacent to an activating group) is 1. The molecule has 1 aromatic carbocycles. The van der Waals surface area contributed by atoms with Gasteiger partial charge in [-0.1, -0.05) is 18.9 Å². The third kappa shape index (κ3) is 2.50. The van der Waals surface area contributed by atoms with E-state index >= 15 is 0 Å². The van der Waals surface area contributed by atoms with Gasteiger partial charge in [0.25, 0.3) is 0 Å². The highest BCUT2D eigenvalue weighted by Crippen LogP contribution is 2.47. The van der Waals surface area contributed by atoms with Crippen LogP contribution in [-0.4, -0.2) is 34.0 Å². The van der Waals surface area contributed by atoms with E-state index in [1.807, 2.05) is 25.2 Å². The number of nitrogens with one attached hydrogen (secondary N) is 1. The molecule has 1 aliphatic rings. The first-order chi connectivity index (χ1) is 9.72. The van der Waals surface area contributed by atoms with Crippen molar-refractivity contribution in [1.82, 2.24) is 5.32 Å². The Balaban J connectivity index is 2.50. The topological polar surface area (TPSA) is 39.7 Å². The van der Waals surface area contributed by atoms with Crippen molar-refractivity contribution in [1.29, 1.82) is 0 Å². The van der Waals surface area contributed by atoms with Gasteiger partial charge in [-0.25, -0.2) is 0 Å². The zero-order chi connectivity index (χ0) is 14.6. The normalized spacial score (nSPS) is 18.8. The summed E-state index contributed by atoms with van der Waals surface area (Å²) in [7, 11) is 7.16. The Morgan fingerprint density at radius 1 is 1.05 bits per heavy atom. The number of methoxy groups -OCH3 is 3. The quantitative estimate of drug-likeness (QED) is 0.869. The molecule has 0 spiro atoms. The highest BCUT2D eigenvalue weighted by molar-refractivity contribution is 5.48. The molecule has 4 heteroatoms. The van der Waals surface area contributed by atoms with Gasteiger partial charge >= 0.3 is 0 Å². The van der Waals surface area contributed by atoms with Crippen molar-refractivity contribution in [2.24, 2.45) is 0 Å². The van der Waals surface area contributed by atoms with Gasteiger partial charge in [-0.15, -0.1) is 0 Å². The van der Waals surface area contributed by atoms with Gasteiger partial charge in [0, 0.05) is 7.11 Å². The van der Waals surface area contributed by atoms with Gasteiger partial charge in [0.2, 0.25) is 0 Å². The van der Waals surface area contributed by atoms with Crippen molar-refractivity contribution >= 4 is 0 Å². The molecule has 20 heavy (non-hydrogen) atoms. The fraction of sp³-hybridized carbons (Fsp3) is 0.625. The standard InChI is InChI=1S/C16H25NO3/c1-17-15(16(20-4)10-5-6-11-16)14-12(18-2)8-7-9-13(14)19-3/h7-9,15,17H,5-6,10-11H2,1-4H3. The molecule has 0 heterocycles. The highest BCUT2D eigenvalue weighted by atomic mass is 16.5. The van der Waals surface area contributed by atoms with Crippen molar-refractivity contribution in [3.63, 3.8) is 0 Å². The van der Waals surface area contributed by atoms with E-state index < -0.39 is 0 Å². The van der Waals surface area contributed by atoms with Crippen LogP contribution in [0.5, 0.6) is 11.5 Å². The Labute approximate surface area is 121 Å². The summed E-state index contributed by atoms with van der Waals surface area (Å²) in [4.78, 5) is 0. The van der Waals surface area contributed by atoms with Crippen LogP contribution in [-0.2, 0) is 4.74 Å². The lowest BCUT2D eigenvalue weighted by molar-refractivity contribution is -0.0359. The maximum Gasteiger partial charge on any atom is 0.127 e. The average molecular weight is 279 g/mol. The van der Waals surface area contributed by atoms with Gasteiger partial charge in [-0.3, -0.25) is 0 Å². The van der Waals surface area contributed by atoms with E-state index in [1.165, 1.54) is 12.8 Å². The molecule has 112 valence electrons. The van der Waals surface area contributed by atoms with Crippen LogP contribution in [0, 0.1) is 0 Å². The van der Waals surface area contributed by atoms with Crippen molar-refractivity contribution in [3.05, 3.63) is 23.8 Å². The molecular formula is C16H25NO3. The zero-order valence-electron chi connectivity index (χ0n) is 12.9. The Morgan fingerprint density at radius 3 is 2.00 bits per heavy atom. The number of hydrogen-bond donors (Lipinski definition) is 1. The van der Waals surface area contributed by atoms with Crippen LogP contribution >= 0.6 is 0 Å². The maximum absolute atomic E-state index is 5.93. The molecule has 1 fully saturated rings. The van der Waals surface area contributed by atoms with Crippen LogP contribution in [0.25, 0.3) is 0 Å². The third-order valence-electron chi connectivity index (χ3n) is 4.43. The van der Waals surface area contributed by atoms with Gasteiger partial charge in [-0.2, -0.15) is 0 Å². The fourth-order valence-corrected chi connectivity index (χ4v) is 3.42.